The van der Waals surface area contributed by atoms with Crippen LogP contribution in [0.3, 0.4) is 0 Å². The van der Waals surface area contributed by atoms with Crippen molar-refractivity contribution in [2.24, 2.45) is 0 Å². The smallest absolute Gasteiger partial charge is 0.254 e. The van der Waals surface area contributed by atoms with Gasteiger partial charge in [-0.05, 0) is 43.5 Å². The molecule has 3 nitrogen and oxygen atoms in total. The van der Waals surface area contributed by atoms with Crippen LogP contribution in [0.15, 0.2) is 23.0 Å². The maximum absolute atomic E-state index is 13.4. The summed E-state index contributed by atoms with van der Waals surface area (Å²) >= 11 is 0. The van der Waals surface area contributed by atoms with E-state index in [4.69, 9.17) is 0 Å². The number of nitrogens with zero attached hydrogens (tertiary/aromatic N) is 1. The van der Waals surface area contributed by atoms with Crippen LogP contribution in [-0.4, -0.2) is 9.97 Å². The van der Waals surface area contributed by atoms with Gasteiger partial charge in [0.25, 0.3) is 5.56 Å². The fourth-order valence-corrected chi connectivity index (χ4v) is 2.28. The summed E-state index contributed by atoms with van der Waals surface area (Å²) in [6.45, 7) is 7.51. The lowest BCUT2D eigenvalue weighted by Gasteiger charge is -2.10. The number of rotatable bonds is 2. The number of aromatic amines is 1. The van der Waals surface area contributed by atoms with Gasteiger partial charge in [-0.25, -0.2) is 9.37 Å². The minimum Gasteiger partial charge on any atom is -0.306 e. The van der Waals surface area contributed by atoms with Crippen molar-refractivity contribution in [2.75, 3.05) is 0 Å². The van der Waals surface area contributed by atoms with Crippen LogP contribution in [0, 0.1) is 19.7 Å². The topological polar surface area (TPSA) is 45.8 Å². The van der Waals surface area contributed by atoms with Crippen molar-refractivity contribution < 1.29 is 4.39 Å². The lowest BCUT2D eigenvalue weighted by Crippen LogP contribution is -2.18. The van der Waals surface area contributed by atoms with E-state index in [2.05, 4.69) is 9.97 Å². The van der Waals surface area contributed by atoms with Gasteiger partial charge in [0, 0.05) is 16.8 Å². The Morgan fingerprint density at radius 1 is 1.21 bits per heavy atom. The Balaban J connectivity index is 2.62. The summed E-state index contributed by atoms with van der Waals surface area (Å²) in [5, 5.41) is 0. The molecule has 0 radical (unpaired) electrons. The van der Waals surface area contributed by atoms with Gasteiger partial charge in [-0.15, -0.1) is 0 Å². The lowest BCUT2D eigenvalue weighted by molar-refractivity contribution is 0.627. The van der Waals surface area contributed by atoms with Crippen LogP contribution < -0.4 is 5.56 Å². The Bertz CT molecular complexity index is 654. The summed E-state index contributed by atoms with van der Waals surface area (Å²) < 4.78 is 13.4. The molecule has 2 aromatic rings. The molecule has 100 valence electrons. The van der Waals surface area contributed by atoms with Crippen LogP contribution in [0.1, 0.15) is 36.6 Å². The van der Waals surface area contributed by atoms with E-state index in [-0.39, 0.29) is 17.3 Å². The molecule has 1 N–H and O–H groups in total. The van der Waals surface area contributed by atoms with E-state index in [9.17, 15) is 9.18 Å². The number of aromatic nitrogens is 2. The number of hydrogen-bond acceptors (Lipinski definition) is 2. The molecule has 0 spiro atoms. The highest BCUT2D eigenvalue weighted by molar-refractivity contribution is 5.56. The van der Waals surface area contributed by atoms with Gasteiger partial charge in [-0.3, -0.25) is 4.79 Å². The first kappa shape index (κ1) is 13.5. The Morgan fingerprint density at radius 2 is 1.89 bits per heavy atom. The Labute approximate surface area is 111 Å². The largest absolute Gasteiger partial charge is 0.306 e. The first-order valence-corrected chi connectivity index (χ1v) is 6.27. The van der Waals surface area contributed by atoms with Crippen molar-refractivity contribution in [3.63, 3.8) is 0 Å². The van der Waals surface area contributed by atoms with Gasteiger partial charge in [-0.1, -0.05) is 13.8 Å². The van der Waals surface area contributed by atoms with Gasteiger partial charge >= 0.3 is 0 Å². The number of halogens is 1. The number of hydrogen-bond donors (Lipinski definition) is 1. The lowest BCUT2D eigenvalue weighted by atomic mass is 10.0. The van der Waals surface area contributed by atoms with E-state index < -0.39 is 0 Å². The zero-order chi connectivity index (χ0) is 14.2. The molecule has 0 saturated carbocycles. The third-order valence-corrected chi connectivity index (χ3v) is 3.04. The van der Waals surface area contributed by atoms with Gasteiger partial charge in [0.1, 0.15) is 11.6 Å². The molecule has 0 fully saturated rings. The molecule has 0 saturated heterocycles. The van der Waals surface area contributed by atoms with E-state index >= 15 is 0 Å². The number of benzene rings is 1. The molecule has 1 heterocycles. The Kier molecular flexibility index (Phi) is 3.51. The summed E-state index contributed by atoms with van der Waals surface area (Å²) in [5.74, 6) is 0.192. The average Bonchev–Trinajstić information content (AvgIpc) is 2.25. The predicted molar refractivity (Wildman–Crippen MR) is 73.8 cm³/mol. The highest BCUT2D eigenvalue weighted by Gasteiger charge is 2.13. The molecule has 0 atom stereocenters. The zero-order valence-electron chi connectivity index (χ0n) is 11.5. The zero-order valence-corrected chi connectivity index (χ0v) is 11.5. The number of nitrogens with one attached hydrogen (secondary N) is 1. The van der Waals surface area contributed by atoms with Crippen LogP contribution in [0.25, 0.3) is 11.4 Å². The SMILES string of the molecule is Cc1cc(F)cc(-c2nc(C)c(C(C)C)c(=O)[nH]2)c1. The van der Waals surface area contributed by atoms with Gasteiger partial charge < -0.3 is 4.98 Å². The number of aryl methyl sites for hydroxylation is 2. The van der Waals surface area contributed by atoms with Crippen LogP contribution >= 0.6 is 0 Å². The van der Waals surface area contributed by atoms with Crippen LogP contribution in [0.5, 0.6) is 0 Å². The monoisotopic (exact) mass is 260 g/mol. The Hall–Kier alpha value is -1.97. The van der Waals surface area contributed by atoms with Crippen LogP contribution in [-0.2, 0) is 0 Å². The first-order valence-electron chi connectivity index (χ1n) is 6.27. The third-order valence-electron chi connectivity index (χ3n) is 3.04. The van der Waals surface area contributed by atoms with E-state index in [1.165, 1.54) is 12.1 Å². The Morgan fingerprint density at radius 3 is 2.42 bits per heavy atom. The molecule has 0 amide bonds. The van der Waals surface area contributed by atoms with Crippen molar-refractivity contribution in [1.29, 1.82) is 0 Å². The number of H-pyrrole nitrogens is 1. The third kappa shape index (κ3) is 2.72. The highest BCUT2D eigenvalue weighted by atomic mass is 19.1. The fourth-order valence-electron chi connectivity index (χ4n) is 2.28. The van der Waals surface area contributed by atoms with Crippen molar-refractivity contribution in [3.8, 4) is 11.4 Å². The fraction of sp³-hybridized carbons (Fsp3) is 0.333. The standard InChI is InChI=1S/C15H17FN2O/c1-8(2)13-10(4)17-14(18-15(13)19)11-5-9(3)6-12(16)7-11/h5-8H,1-4H3,(H,17,18,19). The second kappa shape index (κ2) is 4.96. The highest BCUT2D eigenvalue weighted by Crippen LogP contribution is 2.20. The van der Waals surface area contributed by atoms with Gasteiger partial charge in [0.2, 0.25) is 0 Å². The van der Waals surface area contributed by atoms with E-state index in [1.807, 2.05) is 13.8 Å². The summed E-state index contributed by atoms with van der Waals surface area (Å²) in [5.41, 5.74) is 2.60. The maximum atomic E-state index is 13.4. The average molecular weight is 260 g/mol. The minimum atomic E-state index is -0.330. The van der Waals surface area contributed by atoms with Gasteiger partial charge in [-0.2, -0.15) is 0 Å². The summed E-state index contributed by atoms with van der Waals surface area (Å²) in [4.78, 5) is 19.2. The molecule has 0 aliphatic carbocycles. The van der Waals surface area contributed by atoms with Crippen molar-refractivity contribution >= 4 is 0 Å². The van der Waals surface area contributed by atoms with E-state index in [1.54, 1.807) is 19.9 Å². The molecule has 19 heavy (non-hydrogen) atoms. The van der Waals surface area contributed by atoms with E-state index in [0.717, 1.165) is 5.56 Å². The molecule has 0 bridgehead atoms. The maximum Gasteiger partial charge on any atom is 0.254 e. The first-order chi connectivity index (χ1) is 8.88. The summed E-state index contributed by atoms with van der Waals surface area (Å²) in [7, 11) is 0. The van der Waals surface area contributed by atoms with Gasteiger partial charge in [0.05, 0.1) is 0 Å². The molecule has 2 rings (SSSR count). The molecule has 0 aliphatic heterocycles. The van der Waals surface area contributed by atoms with Gasteiger partial charge in [0.15, 0.2) is 0 Å². The van der Waals surface area contributed by atoms with Crippen LogP contribution in [0.4, 0.5) is 4.39 Å². The molecule has 1 aromatic heterocycles. The second-order valence-corrected chi connectivity index (χ2v) is 5.09. The molecule has 1 aromatic carbocycles. The molecule has 4 heteroatoms. The van der Waals surface area contributed by atoms with Crippen molar-refractivity contribution in [3.05, 3.63) is 51.2 Å². The predicted octanol–water partition coefficient (Wildman–Crippen LogP) is 3.32. The summed E-state index contributed by atoms with van der Waals surface area (Å²) in [6, 6.07) is 4.62. The second-order valence-electron chi connectivity index (χ2n) is 5.09. The summed E-state index contributed by atoms with van der Waals surface area (Å²) in [6.07, 6.45) is 0. The molecule has 0 unspecified atom stereocenters. The van der Waals surface area contributed by atoms with Crippen molar-refractivity contribution in [2.45, 2.75) is 33.6 Å². The molecular weight excluding hydrogens is 243 g/mol. The van der Waals surface area contributed by atoms with Crippen LogP contribution in [0.2, 0.25) is 0 Å². The quantitative estimate of drug-likeness (QED) is 0.900. The minimum absolute atomic E-state index is 0.111. The molecular formula is C15H17FN2O. The van der Waals surface area contributed by atoms with Crippen molar-refractivity contribution in [1.82, 2.24) is 9.97 Å². The normalized spacial score (nSPS) is 11.1. The van der Waals surface area contributed by atoms with E-state index in [0.29, 0.717) is 22.6 Å². The molecule has 0 aliphatic rings.